The summed E-state index contributed by atoms with van der Waals surface area (Å²) in [6.45, 7) is 0. The second-order valence-electron chi connectivity index (χ2n) is 5.23. The summed E-state index contributed by atoms with van der Waals surface area (Å²) in [5, 5.41) is 0. The lowest BCUT2D eigenvalue weighted by molar-refractivity contribution is 0.585. The molecular weight excluding hydrogens is 294 g/mol. The zero-order valence-electron chi connectivity index (χ0n) is 12.1. The van der Waals surface area contributed by atoms with Gasteiger partial charge in [0.1, 0.15) is 23.0 Å². The number of pyridine rings is 1. The molecule has 0 aliphatic heterocycles. The number of nitrogens with zero attached hydrogens (tertiary/aromatic N) is 2. The molecule has 4 aromatic rings. The molecule has 0 aliphatic carbocycles. The van der Waals surface area contributed by atoms with E-state index in [1.54, 1.807) is 0 Å². The number of benzene rings is 2. The van der Waals surface area contributed by atoms with Crippen LogP contribution in [-0.2, 0) is 0 Å². The van der Waals surface area contributed by atoms with Gasteiger partial charge in [-0.3, -0.25) is 4.40 Å². The molecule has 0 spiro atoms. The van der Waals surface area contributed by atoms with Crippen LogP contribution in [0.4, 0.5) is 8.78 Å². The van der Waals surface area contributed by atoms with Gasteiger partial charge in [0.2, 0.25) is 0 Å². The lowest BCUT2D eigenvalue weighted by Gasteiger charge is -2.06. The van der Waals surface area contributed by atoms with Gasteiger partial charge in [-0.2, -0.15) is 0 Å². The van der Waals surface area contributed by atoms with Crippen molar-refractivity contribution in [1.82, 2.24) is 9.38 Å². The third-order valence-corrected chi connectivity index (χ3v) is 3.76. The van der Waals surface area contributed by atoms with Crippen molar-refractivity contribution in [3.8, 4) is 22.5 Å². The van der Waals surface area contributed by atoms with E-state index in [0.717, 1.165) is 17.3 Å². The van der Waals surface area contributed by atoms with Gasteiger partial charge in [0.25, 0.3) is 0 Å². The summed E-state index contributed by atoms with van der Waals surface area (Å²) in [7, 11) is 0. The number of hydrogen-bond acceptors (Lipinski definition) is 1. The molecule has 0 saturated carbocycles. The van der Waals surface area contributed by atoms with Crippen molar-refractivity contribution < 1.29 is 8.78 Å². The monoisotopic (exact) mass is 306 g/mol. The molecule has 4 heteroatoms. The van der Waals surface area contributed by atoms with Crippen molar-refractivity contribution in [2.45, 2.75) is 0 Å². The van der Waals surface area contributed by atoms with Crippen LogP contribution in [0.25, 0.3) is 28.2 Å². The third-order valence-electron chi connectivity index (χ3n) is 3.76. The Kier molecular flexibility index (Phi) is 3.15. The van der Waals surface area contributed by atoms with E-state index < -0.39 is 11.6 Å². The Balaban J connectivity index is 2.07. The number of imidazole rings is 1. The molecule has 0 bridgehead atoms. The highest BCUT2D eigenvalue weighted by molar-refractivity contribution is 5.82. The largest absolute Gasteiger partial charge is 0.299 e. The molecule has 0 atom stereocenters. The normalized spacial score (nSPS) is 11.0. The molecule has 4 rings (SSSR count). The summed E-state index contributed by atoms with van der Waals surface area (Å²) in [6, 6.07) is 18.8. The molecule has 0 unspecified atom stereocenters. The average molecular weight is 306 g/mol. The molecule has 112 valence electrons. The fourth-order valence-electron chi connectivity index (χ4n) is 2.74. The van der Waals surface area contributed by atoms with Crippen LogP contribution in [0.1, 0.15) is 0 Å². The first-order chi connectivity index (χ1) is 11.2. The van der Waals surface area contributed by atoms with Crippen molar-refractivity contribution in [2.75, 3.05) is 0 Å². The summed E-state index contributed by atoms with van der Waals surface area (Å²) in [6.07, 6.45) is 1.88. The molecule has 0 aliphatic rings. The molecule has 2 heterocycles. The first-order valence-electron chi connectivity index (χ1n) is 7.22. The van der Waals surface area contributed by atoms with E-state index in [4.69, 9.17) is 0 Å². The molecule has 0 N–H and O–H groups in total. The maximum atomic E-state index is 14.3. The molecule has 2 aromatic carbocycles. The van der Waals surface area contributed by atoms with Crippen molar-refractivity contribution in [1.29, 1.82) is 0 Å². The predicted molar refractivity (Wildman–Crippen MR) is 86.0 cm³/mol. The average Bonchev–Trinajstić information content (AvgIpc) is 2.94. The molecule has 0 radical (unpaired) electrons. The van der Waals surface area contributed by atoms with Crippen LogP contribution in [0.5, 0.6) is 0 Å². The summed E-state index contributed by atoms with van der Waals surface area (Å²) >= 11 is 0. The van der Waals surface area contributed by atoms with Gasteiger partial charge in [-0.05, 0) is 24.3 Å². The fraction of sp³-hybridized carbons (Fsp3) is 0. The molecule has 0 fully saturated rings. The van der Waals surface area contributed by atoms with Crippen molar-refractivity contribution in [3.05, 3.63) is 84.6 Å². The molecule has 2 aromatic heterocycles. The van der Waals surface area contributed by atoms with E-state index in [2.05, 4.69) is 4.98 Å². The van der Waals surface area contributed by atoms with E-state index in [1.807, 2.05) is 59.1 Å². The number of hydrogen-bond donors (Lipinski definition) is 0. The summed E-state index contributed by atoms with van der Waals surface area (Å²) in [4.78, 5) is 4.55. The molecule has 23 heavy (non-hydrogen) atoms. The Morgan fingerprint density at radius 3 is 2.39 bits per heavy atom. The number of aromatic nitrogens is 2. The van der Waals surface area contributed by atoms with Gasteiger partial charge in [-0.25, -0.2) is 13.8 Å². The Morgan fingerprint density at radius 2 is 1.61 bits per heavy atom. The number of halogens is 2. The van der Waals surface area contributed by atoms with E-state index in [-0.39, 0.29) is 5.56 Å². The summed E-state index contributed by atoms with van der Waals surface area (Å²) < 4.78 is 29.4. The topological polar surface area (TPSA) is 17.3 Å². The van der Waals surface area contributed by atoms with Crippen LogP contribution in [0.2, 0.25) is 0 Å². The Bertz CT molecular complexity index is 991. The SMILES string of the molecule is Fc1ccc(-c2nc3ccccn3c2-c2ccccc2)c(F)c1. The van der Waals surface area contributed by atoms with E-state index >= 15 is 0 Å². The Hall–Kier alpha value is -3.01. The first kappa shape index (κ1) is 13.6. The minimum atomic E-state index is -0.620. The fourth-order valence-corrected chi connectivity index (χ4v) is 2.74. The van der Waals surface area contributed by atoms with Crippen LogP contribution in [0, 0.1) is 11.6 Å². The number of rotatable bonds is 2. The van der Waals surface area contributed by atoms with Crippen LogP contribution < -0.4 is 0 Å². The van der Waals surface area contributed by atoms with Gasteiger partial charge in [0, 0.05) is 23.4 Å². The zero-order chi connectivity index (χ0) is 15.8. The van der Waals surface area contributed by atoms with E-state index in [0.29, 0.717) is 11.3 Å². The van der Waals surface area contributed by atoms with Gasteiger partial charge >= 0.3 is 0 Å². The van der Waals surface area contributed by atoms with Crippen molar-refractivity contribution in [2.24, 2.45) is 0 Å². The molecule has 0 amide bonds. The molecule has 0 saturated heterocycles. The van der Waals surface area contributed by atoms with Crippen molar-refractivity contribution >= 4 is 5.65 Å². The molecular formula is C19H12F2N2. The van der Waals surface area contributed by atoms with Crippen LogP contribution in [0.15, 0.2) is 72.9 Å². The lowest BCUT2D eigenvalue weighted by Crippen LogP contribution is -1.91. The predicted octanol–water partition coefficient (Wildman–Crippen LogP) is 4.95. The Morgan fingerprint density at radius 1 is 0.826 bits per heavy atom. The Labute approximate surface area is 131 Å². The van der Waals surface area contributed by atoms with E-state index in [9.17, 15) is 8.78 Å². The third kappa shape index (κ3) is 2.28. The van der Waals surface area contributed by atoms with Crippen LogP contribution in [0.3, 0.4) is 0 Å². The lowest BCUT2D eigenvalue weighted by atomic mass is 10.0. The summed E-state index contributed by atoms with van der Waals surface area (Å²) in [5.41, 5.74) is 3.20. The maximum Gasteiger partial charge on any atom is 0.137 e. The first-order valence-corrected chi connectivity index (χ1v) is 7.22. The minimum absolute atomic E-state index is 0.286. The van der Waals surface area contributed by atoms with E-state index in [1.165, 1.54) is 12.1 Å². The highest BCUT2D eigenvalue weighted by Gasteiger charge is 2.18. The second kappa shape index (κ2) is 5.32. The van der Waals surface area contributed by atoms with Gasteiger partial charge in [-0.1, -0.05) is 36.4 Å². The van der Waals surface area contributed by atoms with Gasteiger partial charge in [-0.15, -0.1) is 0 Å². The molecule has 2 nitrogen and oxygen atoms in total. The smallest absolute Gasteiger partial charge is 0.137 e. The second-order valence-corrected chi connectivity index (χ2v) is 5.23. The highest BCUT2D eigenvalue weighted by Crippen LogP contribution is 2.34. The van der Waals surface area contributed by atoms with Crippen molar-refractivity contribution in [3.63, 3.8) is 0 Å². The van der Waals surface area contributed by atoms with Crippen LogP contribution in [-0.4, -0.2) is 9.38 Å². The van der Waals surface area contributed by atoms with Gasteiger partial charge in [0.15, 0.2) is 0 Å². The highest BCUT2D eigenvalue weighted by atomic mass is 19.1. The summed E-state index contributed by atoms with van der Waals surface area (Å²) in [5.74, 6) is -1.22. The van der Waals surface area contributed by atoms with Gasteiger partial charge in [0.05, 0.1) is 5.69 Å². The van der Waals surface area contributed by atoms with Gasteiger partial charge < -0.3 is 0 Å². The van der Waals surface area contributed by atoms with Crippen LogP contribution >= 0.6 is 0 Å². The standard InChI is InChI=1S/C19H12F2N2/c20-14-9-10-15(16(21)12-14)18-19(13-6-2-1-3-7-13)23-11-5-4-8-17(23)22-18/h1-12H. The quantitative estimate of drug-likeness (QED) is 0.512. The number of fused-ring (bicyclic) bond motifs is 1. The zero-order valence-corrected chi connectivity index (χ0v) is 12.1. The maximum absolute atomic E-state index is 14.3. The minimum Gasteiger partial charge on any atom is -0.299 e.